The van der Waals surface area contributed by atoms with E-state index in [9.17, 15) is 0 Å². The molecule has 0 aliphatic heterocycles. The molecule has 0 heterocycles. The van der Waals surface area contributed by atoms with Gasteiger partial charge < -0.3 is 9.11 Å². The molecule has 0 aromatic heterocycles. The summed E-state index contributed by atoms with van der Waals surface area (Å²) in [7, 11) is -5.17. The second kappa shape index (κ2) is 4.76. The van der Waals surface area contributed by atoms with E-state index in [0.29, 0.717) is 0 Å². The van der Waals surface area contributed by atoms with Gasteiger partial charge in [-0.15, -0.1) is 0 Å². The molecule has 0 fully saturated rings. The Morgan fingerprint density at radius 2 is 1.14 bits per heavy atom. The molecule has 5 nitrogen and oxygen atoms in total. The summed E-state index contributed by atoms with van der Waals surface area (Å²) < 4.78 is 42.5. The van der Waals surface area contributed by atoms with E-state index in [1.807, 2.05) is 0 Å². The first-order valence-electron chi connectivity index (χ1n) is 0.955. The van der Waals surface area contributed by atoms with Crippen LogP contribution in [-0.4, -0.2) is 17.5 Å². The fraction of sp³-hybridized carbons (Fsp3) is 0. The minimum atomic E-state index is -5.17. The second-order valence-electron chi connectivity index (χ2n) is 0.408. The van der Waals surface area contributed by atoms with Crippen molar-refractivity contribution in [3.05, 3.63) is 0 Å². The van der Waals surface area contributed by atoms with Crippen molar-refractivity contribution in [1.82, 2.24) is 0 Å². The Morgan fingerprint density at radius 3 is 1.14 bits per heavy atom. The molecule has 0 amide bonds. The van der Waals surface area contributed by atoms with Crippen LogP contribution in [-0.2, 0) is 39.2 Å². The van der Waals surface area contributed by atoms with E-state index in [-0.39, 0.29) is 26.1 Å². The zero-order chi connectivity index (χ0) is 6.50. The third kappa shape index (κ3) is 383. The molecule has 0 aliphatic rings. The molecule has 0 saturated carbocycles. The number of hydrogen-bond donors (Lipinski definition) is 0. The first-order chi connectivity index (χ1) is 3.00. The predicted octanol–water partition coefficient (Wildman–Crippen LogP) is -1.46. The van der Waals surface area contributed by atoms with Crippen LogP contribution in [0, 0.1) is 0 Å². The van der Waals surface area contributed by atoms with E-state index in [2.05, 4.69) is 0 Å². The van der Waals surface area contributed by atoms with Crippen molar-refractivity contribution < 1.29 is 46.3 Å². The van der Waals surface area contributed by atoms with Gasteiger partial charge in [0.25, 0.3) is 0 Å². The topological polar surface area (TPSA) is 97.3 Å². The maximum absolute atomic E-state index is 8.52. The summed E-state index contributed by atoms with van der Waals surface area (Å²) in [5.41, 5.74) is 0. The zero-order valence-electron chi connectivity index (χ0n) is 3.16. The molecule has 0 atom stereocenters. The van der Waals surface area contributed by atoms with Crippen molar-refractivity contribution >= 4 is 10.4 Å². The van der Waals surface area contributed by atoms with E-state index in [0.717, 1.165) is 0 Å². The molecule has 0 spiro atoms. The van der Waals surface area contributed by atoms with E-state index in [4.69, 9.17) is 20.2 Å². The summed E-state index contributed by atoms with van der Waals surface area (Å²) in [5, 5.41) is 0. The molecule has 0 saturated heterocycles. The van der Waals surface area contributed by atoms with Gasteiger partial charge in [-0.2, -0.15) is 0 Å². The SMILES string of the molecule is O=S(=O)([O-])[O-].[O]=[Hg]. The van der Waals surface area contributed by atoms with Gasteiger partial charge in [-0.25, -0.2) is 0 Å². The van der Waals surface area contributed by atoms with Gasteiger partial charge in [0.2, 0.25) is 0 Å². The third-order valence-corrected chi connectivity index (χ3v) is 0. The Hall–Kier alpha value is 0.605. The van der Waals surface area contributed by atoms with E-state index in [1.165, 1.54) is 0 Å². The van der Waals surface area contributed by atoms with Crippen LogP contribution in [0.2, 0.25) is 0 Å². The van der Waals surface area contributed by atoms with Gasteiger partial charge in [-0.05, 0) is 0 Å². The van der Waals surface area contributed by atoms with Crippen LogP contribution in [0.4, 0.5) is 0 Å². The third-order valence-electron chi connectivity index (χ3n) is 0. The first-order valence-corrected chi connectivity index (χ1v) is 4.53. The molecule has 7 heteroatoms. The Kier molecular flexibility index (Phi) is 7.18. The van der Waals surface area contributed by atoms with Crippen molar-refractivity contribution in [3.8, 4) is 0 Å². The number of hydrogen-bond acceptors (Lipinski definition) is 5. The summed E-state index contributed by atoms with van der Waals surface area (Å²) >= 11 is -0.222. The monoisotopic (exact) mass is 314 g/mol. The molecule has 0 aliphatic carbocycles. The Labute approximate surface area is 56.8 Å². The molecule has 0 unspecified atom stereocenters. The van der Waals surface area contributed by atoms with Crippen molar-refractivity contribution in [1.29, 1.82) is 0 Å². The van der Waals surface area contributed by atoms with Crippen molar-refractivity contribution in [3.63, 3.8) is 0 Å². The van der Waals surface area contributed by atoms with Crippen LogP contribution in [0.5, 0.6) is 0 Å². The maximum atomic E-state index is 8.52. The molecule has 40 valence electrons. The molecule has 7 heavy (non-hydrogen) atoms. The van der Waals surface area contributed by atoms with Crippen LogP contribution >= 0.6 is 0 Å². The predicted molar refractivity (Wildman–Crippen MR) is 11.2 cm³/mol. The molecular weight excluding hydrogens is 313 g/mol. The minimum absolute atomic E-state index is 0.222. The fourth-order valence-electron chi connectivity index (χ4n) is 0. The fourth-order valence-corrected chi connectivity index (χ4v) is 0. The van der Waals surface area contributed by atoms with Crippen molar-refractivity contribution in [2.75, 3.05) is 0 Å². The summed E-state index contributed by atoms with van der Waals surface area (Å²) in [6.45, 7) is 0. The van der Waals surface area contributed by atoms with Crippen LogP contribution in [0.1, 0.15) is 0 Å². The Bertz CT molecular complexity index is 102. The molecule has 0 bridgehead atoms. The summed E-state index contributed by atoms with van der Waals surface area (Å²) in [4.78, 5) is 0. The summed E-state index contributed by atoms with van der Waals surface area (Å²) in [6.07, 6.45) is 0. The molecule has 0 N–H and O–H groups in total. The molecular formula is HgO5S-2. The van der Waals surface area contributed by atoms with E-state index >= 15 is 0 Å². The van der Waals surface area contributed by atoms with Crippen LogP contribution in [0.15, 0.2) is 0 Å². The van der Waals surface area contributed by atoms with Crippen molar-refractivity contribution in [2.45, 2.75) is 0 Å². The van der Waals surface area contributed by atoms with Gasteiger partial charge in [0.15, 0.2) is 0 Å². The molecule has 0 aromatic rings. The first kappa shape index (κ1) is 10.6. The van der Waals surface area contributed by atoms with Crippen molar-refractivity contribution in [2.24, 2.45) is 0 Å². The second-order valence-corrected chi connectivity index (χ2v) is 1.22. The zero-order valence-corrected chi connectivity index (χ0v) is 9.47. The Balaban J connectivity index is 0. The molecule has 0 rings (SSSR count). The average molecular weight is 313 g/mol. The summed E-state index contributed by atoms with van der Waals surface area (Å²) in [5.74, 6) is 0. The Morgan fingerprint density at radius 1 is 1.14 bits per heavy atom. The quantitative estimate of drug-likeness (QED) is 0.309. The van der Waals surface area contributed by atoms with Crippen LogP contribution < -0.4 is 0 Å². The van der Waals surface area contributed by atoms with Gasteiger partial charge in [-0.1, -0.05) is 0 Å². The van der Waals surface area contributed by atoms with Gasteiger partial charge in [0.1, 0.15) is 0 Å². The molecule has 0 aromatic carbocycles. The average Bonchev–Trinajstić information content (AvgIpc) is 1.36. The van der Waals surface area contributed by atoms with Crippen LogP contribution in [0.3, 0.4) is 0 Å². The summed E-state index contributed by atoms with van der Waals surface area (Å²) in [6, 6.07) is 0. The van der Waals surface area contributed by atoms with Gasteiger partial charge >= 0.3 is 28.8 Å². The van der Waals surface area contributed by atoms with Gasteiger partial charge in [0.05, 0.1) is 0 Å². The van der Waals surface area contributed by atoms with Gasteiger partial charge in [-0.3, -0.25) is 8.42 Å². The van der Waals surface area contributed by atoms with E-state index < -0.39 is 10.4 Å². The van der Waals surface area contributed by atoms with Gasteiger partial charge in [0, 0.05) is 10.4 Å². The van der Waals surface area contributed by atoms with E-state index in [1.54, 1.807) is 0 Å². The number of rotatable bonds is 0. The molecule has 0 radical (unpaired) electrons. The van der Waals surface area contributed by atoms with Crippen LogP contribution in [0.25, 0.3) is 0 Å². The standard InChI is InChI=1S/Hg.H2O4S.O/c;1-5(2,3)4;/h;(H2,1,2,3,4);/p-2. The normalized spacial score (nSPS) is 9.14.